The minimum atomic E-state index is -0.479. The molecule has 0 saturated carbocycles. The number of likely N-dealkylation sites (tertiary alicyclic amines) is 1. The van der Waals surface area contributed by atoms with Crippen molar-refractivity contribution in [1.82, 2.24) is 4.90 Å². The molecular weight excluding hydrogens is 232 g/mol. The highest BCUT2D eigenvalue weighted by Gasteiger charge is 2.36. The van der Waals surface area contributed by atoms with Crippen LogP contribution in [0.1, 0.15) is 41.0 Å². The van der Waals surface area contributed by atoms with Gasteiger partial charge in [0.15, 0.2) is 0 Å². The van der Waals surface area contributed by atoms with Crippen LogP contribution in [-0.2, 0) is 9.47 Å². The van der Waals surface area contributed by atoms with Crippen molar-refractivity contribution in [2.45, 2.75) is 64.8 Å². The smallest absolute Gasteiger partial charge is 0.410 e. The molecule has 0 aromatic rings. The fraction of sp³-hybridized carbons (Fsp3) is 0.923. The first-order valence-electron chi connectivity index (χ1n) is 6.56. The highest BCUT2D eigenvalue weighted by Crippen LogP contribution is 2.20. The lowest BCUT2D eigenvalue weighted by molar-refractivity contribution is 0.00183. The zero-order chi connectivity index (χ0) is 13.9. The van der Waals surface area contributed by atoms with Gasteiger partial charge in [-0.05, 0) is 41.0 Å². The highest BCUT2D eigenvalue weighted by molar-refractivity contribution is 5.69. The zero-order valence-corrected chi connectivity index (χ0v) is 12.1. The van der Waals surface area contributed by atoms with Gasteiger partial charge in [-0.15, -0.1) is 0 Å². The fourth-order valence-corrected chi connectivity index (χ4v) is 1.96. The summed E-state index contributed by atoms with van der Waals surface area (Å²) in [7, 11) is 0. The van der Waals surface area contributed by atoms with Gasteiger partial charge >= 0.3 is 6.09 Å². The number of carbonyl (C=O) groups excluding carboxylic acids is 1. The van der Waals surface area contributed by atoms with E-state index >= 15 is 0 Å². The number of nitrogens with two attached hydrogens (primary N) is 1. The van der Waals surface area contributed by atoms with Crippen molar-refractivity contribution in [1.29, 1.82) is 0 Å². The molecule has 0 bridgehead atoms. The molecule has 0 unspecified atom stereocenters. The minimum absolute atomic E-state index is 0.0123. The van der Waals surface area contributed by atoms with Crippen LogP contribution in [0.15, 0.2) is 0 Å². The van der Waals surface area contributed by atoms with Gasteiger partial charge in [-0.2, -0.15) is 0 Å². The maximum Gasteiger partial charge on any atom is 0.410 e. The Balaban J connectivity index is 2.58. The first kappa shape index (κ1) is 15.2. The Bertz CT molecular complexity index is 286. The summed E-state index contributed by atoms with van der Waals surface area (Å²) in [6, 6.07) is 0.0375. The Morgan fingerprint density at radius 1 is 1.44 bits per heavy atom. The third-order valence-electron chi connectivity index (χ3n) is 2.70. The van der Waals surface area contributed by atoms with Crippen LogP contribution in [0, 0.1) is 0 Å². The normalized spacial score (nSPS) is 24.7. The first-order valence-corrected chi connectivity index (χ1v) is 6.56. The molecule has 0 radical (unpaired) electrons. The van der Waals surface area contributed by atoms with E-state index in [1.165, 1.54) is 0 Å². The molecule has 1 aliphatic heterocycles. The molecule has 1 aliphatic rings. The second kappa shape index (κ2) is 5.89. The van der Waals surface area contributed by atoms with Crippen molar-refractivity contribution in [3.8, 4) is 0 Å². The van der Waals surface area contributed by atoms with Crippen molar-refractivity contribution in [2.24, 2.45) is 5.73 Å². The molecule has 1 saturated heterocycles. The lowest BCUT2D eigenvalue weighted by Crippen LogP contribution is -2.42. The molecule has 1 fully saturated rings. The average molecular weight is 258 g/mol. The molecule has 1 amide bonds. The standard InChI is InChI=1S/C13H26N2O3/c1-9(2)17-8-11-6-10(14)7-15(11)12(16)18-13(3,4)5/h9-11H,6-8,14H2,1-5H3/t10-,11+/m1/s1. The zero-order valence-electron chi connectivity index (χ0n) is 12.1. The molecule has 2 atom stereocenters. The molecule has 5 heteroatoms. The van der Waals surface area contributed by atoms with Crippen LogP contribution in [0.3, 0.4) is 0 Å². The second-order valence-electron chi connectivity index (χ2n) is 6.16. The van der Waals surface area contributed by atoms with Gasteiger partial charge < -0.3 is 20.1 Å². The Hall–Kier alpha value is -0.810. The predicted molar refractivity (Wildman–Crippen MR) is 70.4 cm³/mol. The summed E-state index contributed by atoms with van der Waals surface area (Å²) in [5, 5.41) is 0. The van der Waals surface area contributed by atoms with Gasteiger partial charge in [-0.3, -0.25) is 0 Å². The summed E-state index contributed by atoms with van der Waals surface area (Å²) in [6.07, 6.45) is 0.626. The van der Waals surface area contributed by atoms with Crippen molar-refractivity contribution in [2.75, 3.05) is 13.2 Å². The van der Waals surface area contributed by atoms with Gasteiger partial charge in [0.1, 0.15) is 5.60 Å². The monoisotopic (exact) mass is 258 g/mol. The molecule has 106 valence electrons. The molecule has 18 heavy (non-hydrogen) atoms. The molecular formula is C13H26N2O3. The SMILES string of the molecule is CC(C)OC[C@@H]1C[C@@H](N)CN1C(=O)OC(C)(C)C. The lowest BCUT2D eigenvalue weighted by atomic mass is 10.2. The van der Waals surface area contributed by atoms with Crippen molar-refractivity contribution in [3.05, 3.63) is 0 Å². The van der Waals surface area contributed by atoms with Crippen LogP contribution in [0.2, 0.25) is 0 Å². The van der Waals surface area contributed by atoms with Gasteiger partial charge in [0.25, 0.3) is 0 Å². The van der Waals surface area contributed by atoms with Crippen LogP contribution in [-0.4, -0.2) is 47.9 Å². The topological polar surface area (TPSA) is 64.8 Å². The van der Waals surface area contributed by atoms with Gasteiger partial charge in [0, 0.05) is 12.6 Å². The lowest BCUT2D eigenvalue weighted by Gasteiger charge is -2.28. The van der Waals surface area contributed by atoms with E-state index in [2.05, 4.69) is 0 Å². The second-order valence-corrected chi connectivity index (χ2v) is 6.16. The number of rotatable bonds is 3. The van der Waals surface area contributed by atoms with Crippen LogP contribution in [0.5, 0.6) is 0 Å². The Kier molecular flexibility index (Phi) is 4.99. The Morgan fingerprint density at radius 3 is 2.56 bits per heavy atom. The summed E-state index contributed by atoms with van der Waals surface area (Å²) in [5.74, 6) is 0. The van der Waals surface area contributed by atoms with E-state index in [4.69, 9.17) is 15.2 Å². The third kappa shape index (κ3) is 4.82. The molecule has 2 N–H and O–H groups in total. The number of hydrogen-bond acceptors (Lipinski definition) is 4. The quantitative estimate of drug-likeness (QED) is 0.837. The number of ether oxygens (including phenoxy) is 2. The number of nitrogens with zero attached hydrogens (tertiary/aromatic N) is 1. The van der Waals surface area contributed by atoms with Gasteiger partial charge in [0.2, 0.25) is 0 Å². The average Bonchev–Trinajstić information content (AvgIpc) is 2.54. The number of carbonyl (C=O) groups is 1. The van der Waals surface area contributed by atoms with Crippen molar-refractivity contribution < 1.29 is 14.3 Å². The molecule has 0 aromatic heterocycles. The van der Waals surface area contributed by atoms with Crippen molar-refractivity contribution >= 4 is 6.09 Å². The summed E-state index contributed by atoms with van der Waals surface area (Å²) in [6.45, 7) is 10.6. The van der Waals surface area contributed by atoms with E-state index in [1.54, 1.807) is 4.90 Å². The molecule has 1 heterocycles. The van der Waals surface area contributed by atoms with Gasteiger partial charge in [-0.1, -0.05) is 0 Å². The molecule has 0 aromatic carbocycles. The Labute approximate surface area is 110 Å². The predicted octanol–water partition coefficient (Wildman–Crippen LogP) is 1.75. The van der Waals surface area contributed by atoms with Crippen LogP contribution in [0.4, 0.5) is 4.79 Å². The minimum Gasteiger partial charge on any atom is -0.444 e. The summed E-state index contributed by atoms with van der Waals surface area (Å²) in [5.41, 5.74) is 5.44. The van der Waals surface area contributed by atoms with E-state index in [-0.39, 0.29) is 24.3 Å². The maximum absolute atomic E-state index is 12.1. The van der Waals surface area contributed by atoms with E-state index < -0.39 is 5.60 Å². The third-order valence-corrected chi connectivity index (χ3v) is 2.70. The summed E-state index contributed by atoms with van der Waals surface area (Å²) < 4.78 is 11.0. The summed E-state index contributed by atoms with van der Waals surface area (Å²) in [4.78, 5) is 13.7. The summed E-state index contributed by atoms with van der Waals surface area (Å²) >= 11 is 0. The number of hydrogen-bond donors (Lipinski definition) is 1. The van der Waals surface area contributed by atoms with E-state index in [0.717, 1.165) is 6.42 Å². The molecule has 0 spiro atoms. The Morgan fingerprint density at radius 2 is 2.06 bits per heavy atom. The number of amides is 1. The van der Waals surface area contributed by atoms with Crippen LogP contribution < -0.4 is 5.73 Å². The van der Waals surface area contributed by atoms with E-state index in [9.17, 15) is 4.79 Å². The van der Waals surface area contributed by atoms with Crippen LogP contribution in [0.25, 0.3) is 0 Å². The van der Waals surface area contributed by atoms with E-state index in [1.807, 2.05) is 34.6 Å². The molecule has 5 nitrogen and oxygen atoms in total. The van der Waals surface area contributed by atoms with Gasteiger partial charge in [-0.25, -0.2) is 4.79 Å². The first-order chi connectivity index (χ1) is 8.19. The molecule has 0 aliphatic carbocycles. The largest absolute Gasteiger partial charge is 0.444 e. The van der Waals surface area contributed by atoms with Crippen LogP contribution >= 0.6 is 0 Å². The van der Waals surface area contributed by atoms with E-state index in [0.29, 0.717) is 13.2 Å². The van der Waals surface area contributed by atoms with Gasteiger partial charge in [0.05, 0.1) is 18.8 Å². The molecule has 1 rings (SSSR count). The maximum atomic E-state index is 12.1. The van der Waals surface area contributed by atoms with Crippen molar-refractivity contribution in [3.63, 3.8) is 0 Å². The highest BCUT2D eigenvalue weighted by atomic mass is 16.6. The fourth-order valence-electron chi connectivity index (χ4n) is 1.96.